The van der Waals surface area contributed by atoms with E-state index in [1.165, 1.54) is 11.1 Å². The first-order valence-corrected chi connectivity index (χ1v) is 5.66. The average Bonchev–Trinajstić information content (AvgIpc) is 2.38. The number of hydrogen-bond donors (Lipinski definition) is 3. The third kappa shape index (κ3) is 4.99. The first-order chi connectivity index (χ1) is 8.93. The zero-order valence-electron chi connectivity index (χ0n) is 10.4. The number of rotatable bonds is 7. The maximum absolute atomic E-state index is 13.0. The van der Waals surface area contributed by atoms with Gasteiger partial charge in [-0.3, -0.25) is 10.2 Å². The lowest BCUT2D eigenvalue weighted by molar-refractivity contribution is 0.0688. The van der Waals surface area contributed by atoms with Crippen molar-refractivity contribution in [2.24, 2.45) is 0 Å². The van der Waals surface area contributed by atoms with E-state index in [9.17, 15) is 13.6 Å². The summed E-state index contributed by atoms with van der Waals surface area (Å²) in [6, 6.07) is 2.94. The average molecular weight is 274 g/mol. The fourth-order valence-electron chi connectivity index (χ4n) is 1.36. The summed E-state index contributed by atoms with van der Waals surface area (Å²) in [7, 11) is 1.56. The van der Waals surface area contributed by atoms with Gasteiger partial charge in [0.25, 0.3) is 0 Å². The second kappa shape index (κ2) is 7.25. The summed E-state index contributed by atoms with van der Waals surface area (Å²) in [6.45, 7) is -0.390. The van der Waals surface area contributed by atoms with Crippen LogP contribution in [-0.4, -0.2) is 53.9 Å². The molecule has 0 heterocycles. The number of aliphatic hydroxyl groups is 2. The van der Waals surface area contributed by atoms with Gasteiger partial charge in [0.2, 0.25) is 0 Å². The Balaban J connectivity index is 2.52. The molecule has 1 unspecified atom stereocenters. The summed E-state index contributed by atoms with van der Waals surface area (Å²) in [5.41, 5.74) is 2.76. The standard InChI is InChI=1S/C12H16F2N2O3/c1-16(15-5-9(18)7-17)6-12(19)8-2-3-10(13)11(14)4-8/h2-4,9,15,17-18H,5-7H2,1H3. The predicted molar refractivity (Wildman–Crippen MR) is 64.4 cm³/mol. The molecular formula is C12H16F2N2O3. The predicted octanol–water partition coefficient (Wildman–Crippen LogP) is -0.0629. The molecular weight excluding hydrogens is 258 g/mol. The number of halogens is 2. The third-order valence-corrected chi connectivity index (χ3v) is 2.43. The van der Waals surface area contributed by atoms with Gasteiger partial charge in [-0.2, -0.15) is 0 Å². The van der Waals surface area contributed by atoms with Gasteiger partial charge in [-0.1, -0.05) is 0 Å². The van der Waals surface area contributed by atoms with Crippen molar-refractivity contribution in [3.05, 3.63) is 35.4 Å². The van der Waals surface area contributed by atoms with Gasteiger partial charge in [0.1, 0.15) is 0 Å². The number of hydrazine groups is 1. The number of carbonyl (C=O) groups excluding carboxylic acids is 1. The van der Waals surface area contributed by atoms with Crippen LogP contribution in [0.15, 0.2) is 18.2 Å². The molecule has 0 saturated carbocycles. The highest BCUT2D eigenvalue weighted by atomic mass is 19.2. The lowest BCUT2D eigenvalue weighted by Gasteiger charge is -2.19. The third-order valence-electron chi connectivity index (χ3n) is 2.43. The number of nitrogens with zero attached hydrogens (tertiary/aromatic N) is 1. The molecule has 0 bridgehead atoms. The van der Waals surface area contributed by atoms with Crippen LogP contribution < -0.4 is 5.43 Å². The van der Waals surface area contributed by atoms with Crippen molar-refractivity contribution in [1.29, 1.82) is 0 Å². The first-order valence-electron chi connectivity index (χ1n) is 5.66. The molecule has 19 heavy (non-hydrogen) atoms. The number of likely N-dealkylation sites (N-methyl/N-ethyl adjacent to an activating group) is 1. The fourth-order valence-corrected chi connectivity index (χ4v) is 1.36. The van der Waals surface area contributed by atoms with Gasteiger partial charge >= 0.3 is 0 Å². The minimum Gasteiger partial charge on any atom is -0.394 e. The SMILES string of the molecule is CN(CC(=O)c1ccc(F)c(F)c1)NCC(O)CO. The quantitative estimate of drug-likeness (QED) is 0.480. The lowest BCUT2D eigenvalue weighted by atomic mass is 10.1. The largest absolute Gasteiger partial charge is 0.394 e. The van der Waals surface area contributed by atoms with Crippen LogP contribution in [0, 0.1) is 11.6 Å². The number of Topliss-reactive ketones (excluding diaryl/α,β-unsaturated/α-hetero) is 1. The molecule has 1 aromatic rings. The van der Waals surface area contributed by atoms with Crippen molar-refractivity contribution in [2.45, 2.75) is 6.10 Å². The topological polar surface area (TPSA) is 72.8 Å². The number of benzene rings is 1. The Morgan fingerprint density at radius 2 is 2.11 bits per heavy atom. The molecule has 0 fully saturated rings. The molecule has 0 saturated heterocycles. The van der Waals surface area contributed by atoms with Gasteiger partial charge in [-0.05, 0) is 18.2 Å². The highest BCUT2D eigenvalue weighted by molar-refractivity contribution is 5.97. The zero-order valence-corrected chi connectivity index (χ0v) is 10.4. The summed E-state index contributed by atoms with van der Waals surface area (Å²) >= 11 is 0. The van der Waals surface area contributed by atoms with Gasteiger partial charge < -0.3 is 10.2 Å². The van der Waals surface area contributed by atoms with E-state index in [0.29, 0.717) is 0 Å². The zero-order chi connectivity index (χ0) is 14.4. The minimum atomic E-state index is -1.07. The van der Waals surface area contributed by atoms with E-state index in [1.54, 1.807) is 7.05 Å². The number of carbonyl (C=O) groups is 1. The van der Waals surface area contributed by atoms with Gasteiger partial charge in [0.15, 0.2) is 17.4 Å². The summed E-state index contributed by atoms with van der Waals surface area (Å²) in [6.07, 6.45) is -0.930. The van der Waals surface area contributed by atoms with Gasteiger partial charge in [0, 0.05) is 19.2 Å². The Labute approximate surface area is 109 Å². The second-order valence-electron chi connectivity index (χ2n) is 4.11. The van der Waals surface area contributed by atoms with E-state index in [-0.39, 0.29) is 18.7 Å². The number of aliphatic hydroxyl groups excluding tert-OH is 2. The summed E-state index contributed by atoms with van der Waals surface area (Å²) < 4.78 is 25.7. The van der Waals surface area contributed by atoms with Crippen LogP contribution in [0.5, 0.6) is 0 Å². The molecule has 1 atom stereocenters. The number of hydrogen-bond acceptors (Lipinski definition) is 5. The molecule has 0 spiro atoms. The lowest BCUT2D eigenvalue weighted by Crippen LogP contribution is -2.43. The fraction of sp³-hybridized carbons (Fsp3) is 0.417. The van der Waals surface area contributed by atoms with Crippen LogP contribution in [-0.2, 0) is 0 Å². The van der Waals surface area contributed by atoms with E-state index in [0.717, 1.165) is 12.1 Å². The number of nitrogens with one attached hydrogen (secondary N) is 1. The van der Waals surface area contributed by atoms with Crippen molar-refractivity contribution >= 4 is 5.78 Å². The summed E-state index contributed by atoms with van der Waals surface area (Å²) in [4.78, 5) is 11.8. The van der Waals surface area contributed by atoms with Crippen molar-refractivity contribution in [2.75, 3.05) is 26.7 Å². The van der Waals surface area contributed by atoms with Crippen LogP contribution >= 0.6 is 0 Å². The summed E-state index contributed by atoms with van der Waals surface area (Å²) in [5, 5.41) is 19.1. The molecule has 7 heteroatoms. The Hall–Kier alpha value is -1.41. The van der Waals surface area contributed by atoms with E-state index in [4.69, 9.17) is 10.2 Å². The molecule has 1 rings (SSSR count). The van der Waals surface area contributed by atoms with E-state index >= 15 is 0 Å². The van der Waals surface area contributed by atoms with Crippen LogP contribution in [0.4, 0.5) is 8.78 Å². The van der Waals surface area contributed by atoms with E-state index < -0.39 is 30.1 Å². The van der Waals surface area contributed by atoms with Crippen molar-refractivity contribution in [1.82, 2.24) is 10.4 Å². The summed E-state index contributed by atoms with van der Waals surface area (Å²) in [5.74, 6) is -2.47. The molecule has 0 amide bonds. The number of ketones is 1. The molecule has 0 aliphatic carbocycles. The highest BCUT2D eigenvalue weighted by Crippen LogP contribution is 2.09. The Morgan fingerprint density at radius 1 is 1.42 bits per heavy atom. The minimum absolute atomic E-state index is 0.0651. The molecule has 5 nitrogen and oxygen atoms in total. The molecule has 1 aromatic carbocycles. The van der Waals surface area contributed by atoms with Crippen molar-refractivity contribution in [3.63, 3.8) is 0 Å². The first kappa shape index (κ1) is 15.6. The van der Waals surface area contributed by atoms with Crippen LogP contribution in [0.2, 0.25) is 0 Å². The van der Waals surface area contributed by atoms with E-state index in [1.807, 2.05) is 0 Å². The van der Waals surface area contributed by atoms with Crippen molar-refractivity contribution < 1.29 is 23.8 Å². The molecule has 0 aliphatic rings. The Morgan fingerprint density at radius 3 is 2.68 bits per heavy atom. The van der Waals surface area contributed by atoms with Crippen LogP contribution in [0.25, 0.3) is 0 Å². The van der Waals surface area contributed by atoms with Crippen molar-refractivity contribution in [3.8, 4) is 0 Å². The van der Waals surface area contributed by atoms with Gasteiger partial charge in [0.05, 0.1) is 19.3 Å². The Bertz CT molecular complexity index is 443. The van der Waals surface area contributed by atoms with Crippen LogP contribution in [0.3, 0.4) is 0 Å². The molecule has 0 radical (unpaired) electrons. The second-order valence-corrected chi connectivity index (χ2v) is 4.11. The maximum Gasteiger partial charge on any atom is 0.178 e. The molecule has 106 valence electrons. The normalized spacial score (nSPS) is 12.7. The monoisotopic (exact) mass is 274 g/mol. The maximum atomic E-state index is 13.0. The highest BCUT2D eigenvalue weighted by Gasteiger charge is 2.12. The molecule has 0 aliphatic heterocycles. The van der Waals surface area contributed by atoms with Gasteiger partial charge in [-0.15, -0.1) is 0 Å². The van der Waals surface area contributed by atoms with Crippen LogP contribution in [0.1, 0.15) is 10.4 Å². The molecule has 0 aromatic heterocycles. The smallest absolute Gasteiger partial charge is 0.178 e. The van der Waals surface area contributed by atoms with Gasteiger partial charge in [-0.25, -0.2) is 13.8 Å². The Kier molecular flexibility index (Phi) is 5.97. The molecule has 3 N–H and O–H groups in total. The van der Waals surface area contributed by atoms with E-state index in [2.05, 4.69) is 5.43 Å².